The Balaban J connectivity index is 2.30. The van der Waals surface area contributed by atoms with Crippen LogP contribution in [0.25, 0.3) is 0 Å². The van der Waals surface area contributed by atoms with Gasteiger partial charge in [-0.3, -0.25) is 0 Å². The molecule has 2 rings (SSSR count). The van der Waals surface area contributed by atoms with Crippen LogP contribution < -0.4 is 15.1 Å². The molecule has 3 amide bonds. The maximum atomic E-state index is 13.7. The van der Waals surface area contributed by atoms with Crippen LogP contribution in [-0.4, -0.2) is 105 Å². The first kappa shape index (κ1) is 32.8. The first-order valence-electron chi connectivity index (χ1n) is 12.9. The minimum atomic E-state index is -1.53. The molecule has 1 heterocycles. The van der Waals surface area contributed by atoms with E-state index < -0.39 is 73.3 Å². The molecule has 0 radical (unpaired) electrons. The molecule has 218 valence electrons. The number of rotatable bonds is 12. The Morgan fingerprint density at radius 2 is 1.77 bits per heavy atom. The van der Waals surface area contributed by atoms with Gasteiger partial charge in [0.05, 0.1) is 0 Å². The van der Waals surface area contributed by atoms with Crippen molar-refractivity contribution in [3.63, 3.8) is 0 Å². The van der Waals surface area contributed by atoms with Crippen LogP contribution >= 0.6 is 0 Å². The number of nitrogens with one attached hydrogen (secondary N) is 2. The van der Waals surface area contributed by atoms with Crippen molar-refractivity contribution < 1.29 is 38.9 Å². The molecule has 39 heavy (non-hydrogen) atoms. The molecule has 0 spiro atoms. The number of carboxylic acids is 1. The van der Waals surface area contributed by atoms with E-state index in [-0.39, 0.29) is 21.6 Å². The topological polar surface area (TPSA) is 154 Å². The van der Waals surface area contributed by atoms with Crippen molar-refractivity contribution in [1.82, 2.24) is 15.5 Å². The van der Waals surface area contributed by atoms with Gasteiger partial charge in [0, 0.05) is 0 Å². The molecule has 1 aromatic rings. The molecule has 1 aliphatic heterocycles. The Labute approximate surface area is 237 Å². The molecule has 13 heteroatoms. The second-order valence-electron chi connectivity index (χ2n) is 11.2. The van der Waals surface area contributed by atoms with Gasteiger partial charge in [0.1, 0.15) is 0 Å². The Kier molecular flexibility index (Phi) is 11.6. The molecule has 1 aliphatic rings. The van der Waals surface area contributed by atoms with Crippen molar-refractivity contribution >= 4 is 51.4 Å². The summed E-state index contributed by atoms with van der Waals surface area (Å²) in [6, 6.07) is 6.45. The van der Waals surface area contributed by atoms with Gasteiger partial charge in [-0.05, 0) is 0 Å². The van der Waals surface area contributed by atoms with E-state index in [1.54, 1.807) is 27.7 Å². The second kappa shape index (κ2) is 13.8. The second-order valence-corrected chi connectivity index (χ2v) is 19.9. The van der Waals surface area contributed by atoms with Gasteiger partial charge >= 0.3 is 237 Å². The van der Waals surface area contributed by atoms with Crippen LogP contribution in [0.15, 0.2) is 30.3 Å². The van der Waals surface area contributed by atoms with Crippen molar-refractivity contribution in [2.45, 2.75) is 88.2 Å². The molecule has 4 N–H and O–H groups in total. The van der Waals surface area contributed by atoms with E-state index >= 15 is 0 Å². The number of ether oxygens (including phenoxy) is 2. The minimum absolute atomic E-state index is 0.225. The number of carbonyl (C=O) groups is 4. The van der Waals surface area contributed by atoms with Crippen LogP contribution in [0, 0.1) is 0 Å². The summed E-state index contributed by atoms with van der Waals surface area (Å²) < 4.78 is 12.5. The SMILES string of the molecule is C[C@H]([Se]c1ccccc1)[C@H](NC(=O)[C@@H]1[C@@H](C)OC(C)(C)N1C(=O)OCC[Si](C)(C)C)C(=O)N[C@H](CO)C(=O)O. The Bertz CT molecular complexity index is 1020. The van der Waals surface area contributed by atoms with Crippen LogP contribution in [0.1, 0.15) is 27.7 Å². The van der Waals surface area contributed by atoms with Gasteiger partial charge < -0.3 is 0 Å². The number of amides is 3. The number of nitrogens with zero attached hydrogens (tertiary/aromatic N) is 1. The molecule has 0 saturated carbocycles. The standard InChI is InChI=1S/C26H41N3O8SeSi/c1-16-21(29(26(3,4)37-16)25(35)36-13-14-39(5,6)7)23(32)28-20(22(31)27-19(15-30)24(33)34)17(2)38-18-11-9-8-10-12-18/h8-12,16-17,19-21,30H,13-15H2,1-7H3,(H,27,31)(H,28,32)(H,33,34)/t16-,17+,19-,20+,21+/m1/s1. The fourth-order valence-corrected chi connectivity index (χ4v) is 7.12. The molecular weight excluding hydrogens is 589 g/mol. The molecule has 0 aromatic heterocycles. The predicted octanol–water partition coefficient (Wildman–Crippen LogP) is 1.17. The molecule has 1 fully saturated rings. The summed E-state index contributed by atoms with van der Waals surface area (Å²) >= 11 is -0.277. The summed E-state index contributed by atoms with van der Waals surface area (Å²) in [5.41, 5.74) is -1.14. The zero-order valence-electron chi connectivity index (χ0n) is 23.6. The van der Waals surface area contributed by atoms with Crippen molar-refractivity contribution in [1.29, 1.82) is 0 Å². The van der Waals surface area contributed by atoms with Gasteiger partial charge in [-0.25, -0.2) is 0 Å². The van der Waals surface area contributed by atoms with Crippen LogP contribution in [0.5, 0.6) is 0 Å². The molecule has 5 atom stereocenters. The molecule has 11 nitrogen and oxygen atoms in total. The van der Waals surface area contributed by atoms with E-state index in [0.29, 0.717) is 0 Å². The zero-order valence-corrected chi connectivity index (χ0v) is 26.3. The molecule has 1 aromatic carbocycles. The van der Waals surface area contributed by atoms with Crippen molar-refractivity contribution in [2.24, 2.45) is 0 Å². The number of benzene rings is 1. The number of aliphatic hydroxyl groups is 1. The number of carbonyl (C=O) groups excluding carboxylic acids is 3. The number of hydrogen-bond donors (Lipinski definition) is 4. The van der Waals surface area contributed by atoms with Gasteiger partial charge in [-0.2, -0.15) is 0 Å². The van der Waals surface area contributed by atoms with E-state index in [2.05, 4.69) is 30.3 Å². The average molecular weight is 631 g/mol. The first-order valence-corrected chi connectivity index (χ1v) is 18.4. The van der Waals surface area contributed by atoms with E-state index in [4.69, 9.17) is 9.47 Å². The van der Waals surface area contributed by atoms with Crippen LogP contribution in [0.3, 0.4) is 0 Å². The van der Waals surface area contributed by atoms with E-state index in [9.17, 15) is 29.4 Å². The third-order valence-corrected chi connectivity index (χ3v) is 10.4. The van der Waals surface area contributed by atoms with Crippen LogP contribution in [0.4, 0.5) is 4.79 Å². The van der Waals surface area contributed by atoms with E-state index in [1.807, 2.05) is 30.3 Å². The Morgan fingerprint density at radius 1 is 1.15 bits per heavy atom. The number of aliphatic hydroxyl groups excluding tert-OH is 1. The predicted molar refractivity (Wildman–Crippen MR) is 150 cm³/mol. The van der Waals surface area contributed by atoms with Gasteiger partial charge in [-0.1, -0.05) is 0 Å². The van der Waals surface area contributed by atoms with Gasteiger partial charge in [0.15, 0.2) is 0 Å². The zero-order chi connectivity index (χ0) is 29.5. The van der Waals surface area contributed by atoms with Crippen molar-refractivity contribution in [3.8, 4) is 0 Å². The summed E-state index contributed by atoms with van der Waals surface area (Å²) in [6.45, 7) is 12.7. The summed E-state index contributed by atoms with van der Waals surface area (Å²) in [6.07, 6.45) is -1.39. The monoisotopic (exact) mass is 631 g/mol. The van der Waals surface area contributed by atoms with Crippen LogP contribution in [0.2, 0.25) is 30.5 Å². The van der Waals surface area contributed by atoms with E-state index in [1.165, 1.54) is 4.90 Å². The van der Waals surface area contributed by atoms with Crippen molar-refractivity contribution in [3.05, 3.63) is 30.3 Å². The normalized spacial score (nSPS) is 21.0. The number of carboxylic acid groups (broad SMARTS) is 1. The maximum absolute atomic E-state index is 13.7. The van der Waals surface area contributed by atoms with Crippen LogP contribution in [-0.2, 0) is 23.9 Å². The summed E-state index contributed by atoms with van der Waals surface area (Å²) in [5.74, 6) is -2.77. The third-order valence-electron chi connectivity index (χ3n) is 6.23. The Morgan fingerprint density at radius 3 is 2.31 bits per heavy atom. The molecule has 1 saturated heterocycles. The number of aliphatic carboxylic acids is 1. The van der Waals surface area contributed by atoms with Gasteiger partial charge in [0.25, 0.3) is 0 Å². The quantitative estimate of drug-likeness (QED) is 0.251. The van der Waals surface area contributed by atoms with E-state index in [0.717, 1.165) is 10.5 Å². The average Bonchev–Trinajstić information content (AvgIpc) is 3.08. The van der Waals surface area contributed by atoms with Gasteiger partial charge in [0.2, 0.25) is 0 Å². The first-order chi connectivity index (χ1) is 18.1. The number of hydrogen-bond acceptors (Lipinski definition) is 7. The fraction of sp³-hybridized carbons (Fsp3) is 0.615. The molecule has 0 unspecified atom stereocenters. The third kappa shape index (κ3) is 9.32. The summed E-state index contributed by atoms with van der Waals surface area (Å²) in [5, 5.41) is 23.8. The molecule has 0 bridgehead atoms. The van der Waals surface area contributed by atoms with Gasteiger partial charge in [-0.15, -0.1) is 0 Å². The summed E-state index contributed by atoms with van der Waals surface area (Å²) in [7, 11) is -1.46. The van der Waals surface area contributed by atoms with Crippen molar-refractivity contribution in [2.75, 3.05) is 13.2 Å². The molecule has 0 aliphatic carbocycles. The molecular formula is C26H41N3O8SeSi. The Hall–Kier alpha value is -2.44. The summed E-state index contributed by atoms with van der Waals surface area (Å²) in [4.78, 5) is 52.4. The fourth-order valence-electron chi connectivity index (χ4n) is 4.16.